The number of carbonyl (C=O) groups excluding carboxylic acids is 1. The van der Waals surface area contributed by atoms with Crippen molar-refractivity contribution in [2.24, 2.45) is 0 Å². The summed E-state index contributed by atoms with van der Waals surface area (Å²) in [5.74, 6) is -1.56. The molecule has 0 radical (unpaired) electrons. The normalized spacial score (nSPS) is 12.0. The van der Waals surface area contributed by atoms with Gasteiger partial charge in [-0.25, -0.2) is 8.78 Å². The van der Waals surface area contributed by atoms with E-state index in [4.69, 9.17) is 11.6 Å². The number of nitrogens with one attached hydrogen (secondary N) is 2. The zero-order chi connectivity index (χ0) is 16.1. The fourth-order valence-corrected chi connectivity index (χ4v) is 2.17. The van der Waals surface area contributed by atoms with Gasteiger partial charge in [0, 0.05) is 28.4 Å². The molecule has 2 rings (SSSR count). The van der Waals surface area contributed by atoms with E-state index in [1.807, 2.05) is 0 Å². The molecule has 0 aromatic heterocycles. The van der Waals surface area contributed by atoms with Gasteiger partial charge in [0.1, 0.15) is 11.6 Å². The zero-order valence-electron chi connectivity index (χ0n) is 11.9. The topological polar surface area (TPSA) is 41.1 Å². The monoisotopic (exact) mass is 324 g/mol. The van der Waals surface area contributed by atoms with E-state index in [1.165, 1.54) is 12.1 Å². The lowest BCUT2D eigenvalue weighted by atomic mass is 10.1. The van der Waals surface area contributed by atoms with Gasteiger partial charge in [0.05, 0.1) is 6.54 Å². The maximum Gasteiger partial charge on any atom is 0.238 e. The van der Waals surface area contributed by atoms with Crippen molar-refractivity contribution in [1.29, 1.82) is 0 Å². The van der Waals surface area contributed by atoms with Crippen LogP contribution in [0.1, 0.15) is 18.5 Å². The Kier molecular flexibility index (Phi) is 5.46. The van der Waals surface area contributed by atoms with Crippen LogP contribution in [0.25, 0.3) is 0 Å². The molecule has 0 aliphatic rings. The Morgan fingerprint density at radius 3 is 2.68 bits per heavy atom. The second-order valence-corrected chi connectivity index (χ2v) is 5.26. The molecule has 1 atom stereocenters. The van der Waals surface area contributed by atoms with Crippen LogP contribution in [-0.4, -0.2) is 12.5 Å². The molecule has 6 heteroatoms. The second-order valence-electron chi connectivity index (χ2n) is 4.83. The summed E-state index contributed by atoms with van der Waals surface area (Å²) in [6, 6.07) is 9.71. The van der Waals surface area contributed by atoms with E-state index in [0.29, 0.717) is 16.3 Å². The largest absolute Gasteiger partial charge is 0.325 e. The van der Waals surface area contributed by atoms with Gasteiger partial charge in [-0.15, -0.1) is 0 Å². The number of hydrogen-bond donors (Lipinski definition) is 2. The van der Waals surface area contributed by atoms with E-state index in [2.05, 4.69) is 10.6 Å². The molecule has 2 N–H and O–H groups in total. The minimum Gasteiger partial charge on any atom is -0.325 e. The van der Waals surface area contributed by atoms with E-state index in [9.17, 15) is 13.6 Å². The quantitative estimate of drug-likeness (QED) is 0.875. The van der Waals surface area contributed by atoms with Crippen LogP contribution in [0, 0.1) is 11.6 Å². The van der Waals surface area contributed by atoms with Crippen LogP contribution < -0.4 is 10.6 Å². The number of rotatable bonds is 5. The lowest BCUT2D eigenvalue weighted by Crippen LogP contribution is -2.30. The van der Waals surface area contributed by atoms with Gasteiger partial charge in [0.15, 0.2) is 0 Å². The predicted octanol–water partition coefficient (Wildman–Crippen LogP) is 3.91. The summed E-state index contributed by atoms with van der Waals surface area (Å²) in [4.78, 5) is 11.8. The van der Waals surface area contributed by atoms with Crippen LogP contribution in [0.2, 0.25) is 5.02 Å². The molecule has 0 spiro atoms. The molecule has 0 aliphatic heterocycles. The van der Waals surface area contributed by atoms with Gasteiger partial charge in [-0.05, 0) is 31.2 Å². The third kappa shape index (κ3) is 4.51. The van der Waals surface area contributed by atoms with E-state index in [0.717, 1.165) is 6.07 Å². The fraction of sp³-hybridized carbons (Fsp3) is 0.188. The van der Waals surface area contributed by atoms with Crippen molar-refractivity contribution < 1.29 is 13.6 Å². The molecule has 2 aromatic carbocycles. The summed E-state index contributed by atoms with van der Waals surface area (Å²) in [6.45, 7) is 1.69. The van der Waals surface area contributed by atoms with Gasteiger partial charge in [-0.1, -0.05) is 23.7 Å². The van der Waals surface area contributed by atoms with Crippen molar-refractivity contribution in [3.63, 3.8) is 0 Å². The molecule has 0 heterocycles. The Hall–Kier alpha value is -1.98. The third-order valence-electron chi connectivity index (χ3n) is 3.11. The van der Waals surface area contributed by atoms with Crippen molar-refractivity contribution in [2.45, 2.75) is 13.0 Å². The third-order valence-corrected chi connectivity index (χ3v) is 3.34. The SMILES string of the molecule is C[C@H](NCC(=O)Nc1cccc(Cl)c1)c1ccc(F)cc1F. The van der Waals surface area contributed by atoms with Crippen molar-refractivity contribution in [1.82, 2.24) is 5.32 Å². The van der Waals surface area contributed by atoms with Crippen LogP contribution >= 0.6 is 11.6 Å². The van der Waals surface area contributed by atoms with Crippen LogP contribution in [0.15, 0.2) is 42.5 Å². The average molecular weight is 325 g/mol. The summed E-state index contributed by atoms with van der Waals surface area (Å²) < 4.78 is 26.5. The standard InChI is InChI=1S/C16H15ClF2N2O/c1-10(14-6-5-12(18)8-15(14)19)20-9-16(22)21-13-4-2-3-11(17)7-13/h2-8,10,20H,9H2,1H3,(H,21,22)/t10-/m0/s1. The molecule has 2 aromatic rings. The van der Waals surface area contributed by atoms with E-state index < -0.39 is 17.7 Å². The van der Waals surface area contributed by atoms with Gasteiger partial charge in [0.2, 0.25) is 5.91 Å². The first-order valence-corrected chi connectivity index (χ1v) is 7.07. The summed E-state index contributed by atoms with van der Waals surface area (Å²) in [7, 11) is 0. The molecule has 1 amide bonds. The van der Waals surface area contributed by atoms with Gasteiger partial charge in [0.25, 0.3) is 0 Å². The van der Waals surface area contributed by atoms with Crippen molar-refractivity contribution in [3.8, 4) is 0 Å². The smallest absolute Gasteiger partial charge is 0.238 e. The number of halogens is 3. The maximum atomic E-state index is 13.6. The molecule has 0 fully saturated rings. The average Bonchev–Trinajstić information content (AvgIpc) is 2.45. The Morgan fingerprint density at radius 2 is 2.00 bits per heavy atom. The summed E-state index contributed by atoms with van der Waals surface area (Å²) in [6.07, 6.45) is 0. The number of hydrogen-bond acceptors (Lipinski definition) is 2. The van der Waals surface area contributed by atoms with E-state index >= 15 is 0 Å². The molecule has 0 unspecified atom stereocenters. The van der Waals surface area contributed by atoms with Crippen LogP contribution in [0.5, 0.6) is 0 Å². The van der Waals surface area contributed by atoms with E-state index in [1.54, 1.807) is 31.2 Å². The molecule has 116 valence electrons. The predicted molar refractivity (Wildman–Crippen MR) is 82.9 cm³/mol. The van der Waals surface area contributed by atoms with E-state index in [-0.39, 0.29) is 12.5 Å². The fourth-order valence-electron chi connectivity index (χ4n) is 1.98. The molecule has 0 bridgehead atoms. The maximum absolute atomic E-state index is 13.6. The molecular weight excluding hydrogens is 310 g/mol. The minimum absolute atomic E-state index is 0.00943. The van der Waals surface area contributed by atoms with Crippen LogP contribution in [0.4, 0.5) is 14.5 Å². The van der Waals surface area contributed by atoms with Crippen LogP contribution in [0.3, 0.4) is 0 Å². The van der Waals surface area contributed by atoms with Gasteiger partial charge < -0.3 is 10.6 Å². The van der Waals surface area contributed by atoms with Crippen molar-refractivity contribution >= 4 is 23.2 Å². The minimum atomic E-state index is -0.643. The lowest BCUT2D eigenvalue weighted by molar-refractivity contribution is -0.115. The molecule has 0 saturated heterocycles. The highest BCUT2D eigenvalue weighted by atomic mass is 35.5. The van der Waals surface area contributed by atoms with Crippen molar-refractivity contribution in [3.05, 3.63) is 64.7 Å². The first-order valence-electron chi connectivity index (χ1n) is 6.69. The first-order chi connectivity index (χ1) is 10.5. The van der Waals surface area contributed by atoms with Gasteiger partial charge in [-0.3, -0.25) is 4.79 Å². The lowest BCUT2D eigenvalue weighted by Gasteiger charge is -2.15. The Morgan fingerprint density at radius 1 is 1.23 bits per heavy atom. The molecule has 0 aliphatic carbocycles. The highest BCUT2D eigenvalue weighted by molar-refractivity contribution is 6.30. The first kappa shape index (κ1) is 16.4. The second kappa shape index (κ2) is 7.33. The molecule has 3 nitrogen and oxygen atoms in total. The van der Waals surface area contributed by atoms with Gasteiger partial charge >= 0.3 is 0 Å². The number of carbonyl (C=O) groups is 1. The Bertz CT molecular complexity index is 679. The zero-order valence-corrected chi connectivity index (χ0v) is 12.6. The Labute approximate surface area is 132 Å². The molecule has 22 heavy (non-hydrogen) atoms. The summed E-state index contributed by atoms with van der Waals surface area (Å²) >= 11 is 5.83. The Balaban J connectivity index is 1.90. The van der Waals surface area contributed by atoms with Crippen LogP contribution in [-0.2, 0) is 4.79 Å². The summed E-state index contributed by atoms with van der Waals surface area (Å²) in [5, 5.41) is 6.08. The number of amides is 1. The number of anilines is 1. The molecular formula is C16H15ClF2N2O. The molecule has 0 saturated carbocycles. The highest BCUT2D eigenvalue weighted by Gasteiger charge is 2.12. The highest BCUT2D eigenvalue weighted by Crippen LogP contribution is 2.18. The van der Waals surface area contributed by atoms with Crippen molar-refractivity contribution in [2.75, 3.05) is 11.9 Å². The summed E-state index contributed by atoms with van der Waals surface area (Å²) in [5.41, 5.74) is 0.886. The van der Waals surface area contributed by atoms with Gasteiger partial charge in [-0.2, -0.15) is 0 Å². The number of benzene rings is 2.